The molecule has 0 aliphatic heterocycles. The lowest BCUT2D eigenvalue weighted by molar-refractivity contribution is -0.116. The van der Waals surface area contributed by atoms with Gasteiger partial charge in [0.25, 0.3) is 5.56 Å². The SMILES string of the molecule is Nc1ccc(NC(=O)CCn2cc(Br)cc(Br)c2=O)cc1. The monoisotopic (exact) mass is 413 g/mol. The van der Waals surface area contributed by atoms with Gasteiger partial charge < -0.3 is 15.6 Å². The molecule has 0 fully saturated rings. The lowest BCUT2D eigenvalue weighted by Crippen LogP contribution is -2.23. The predicted molar refractivity (Wildman–Crippen MR) is 90.2 cm³/mol. The molecular weight excluding hydrogens is 402 g/mol. The number of hydrogen-bond donors (Lipinski definition) is 2. The van der Waals surface area contributed by atoms with Crippen LogP contribution in [0.25, 0.3) is 0 Å². The first kappa shape index (κ1) is 15.8. The molecule has 21 heavy (non-hydrogen) atoms. The summed E-state index contributed by atoms with van der Waals surface area (Å²) in [6.07, 6.45) is 1.86. The third-order valence-electron chi connectivity index (χ3n) is 2.78. The van der Waals surface area contributed by atoms with E-state index in [-0.39, 0.29) is 17.9 Å². The number of halogens is 2. The highest BCUT2D eigenvalue weighted by Crippen LogP contribution is 2.13. The highest BCUT2D eigenvalue weighted by atomic mass is 79.9. The number of aromatic nitrogens is 1. The smallest absolute Gasteiger partial charge is 0.264 e. The number of hydrogen-bond acceptors (Lipinski definition) is 3. The van der Waals surface area contributed by atoms with Crippen LogP contribution in [-0.4, -0.2) is 10.5 Å². The average Bonchev–Trinajstić information content (AvgIpc) is 2.44. The summed E-state index contributed by atoms with van der Waals surface area (Å²) in [5.41, 5.74) is 6.72. The van der Waals surface area contributed by atoms with Crippen LogP contribution in [0.4, 0.5) is 11.4 Å². The van der Waals surface area contributed by atoms with E-state index in [1.807, 2.05) is 0 Å². The minimum absolute atomic E-state index is 0.164. The molecule has 0 radical (unpaired) electrons. The molecule has 0 atom stereocenters. The summed E-state index contributed by atoms with van der Waals surface area (Å²) in [7, 11) is 0. The molecule has 0 unspecified atom stereocenters. The maximum atomic E-state index is 11.9. The van der Waals surface area contributed by atoms with Gasteiger partial charge in [0.05, 0.1) is 4.47 Å². The minimum atomic E-state index is -0.168. The zero-order chi connectivity index (χ0) is 15.4. The third-order valence-corrected chi connectivity index (χ3v) is 3.78. The van der Waals surface area contributed by atoms with Crippen LogP contribution in [0.3, 0.4) is 0 Å². The minimum Gasteiger partial charge on any atom is -0.399 e. The lowest BCUT2D eigenvalue weighted by Gasteiger charge is -2.08. The summed E-state index contributed by atoms with van der Waals surface area (Å²) in [5, 5.41) is 2.75. The molecule has 5 nitrogen and oxygen atoms in total. The van der Waals surface area contributed by atoms with Gasteiger partial charge in [-0.05, 0) is 62.2 Å². The Morgan fingerprint density at radius 2 is 1.90 bits per heavy atom. The number of nitrogens with zero attached hydrogens (tertiary/aromatic N) is 1. The fourth-order valence-electron chi connectivity index (χ4n) is 1.74. The largest absolute Gasteiger partial charge is 0.399 e. The topological polar surface area (TPSA) is 77.1 Å². The molecule has 0 aliphatic rings. The number of nitrogens with two attached hydrogens (primary N) is 1. The Labute approximate surface area is 138 Å². The Kier molecular flexibility index (Phi) is 5.19. The molecule has 3 N–H and O–H groups in total. The number of benzene rings is 1. The summed E-state index contributed by atoms with van der Waals surface area (Å²) in [6, 6.07) is 8.56. The van der Waals surface area contributed by atoms with Crippen molar-refractivity contribution in [1.29, 1.82) is 0 Å². The molecule has 110 valence electrons. The van der Waals surface area contributed by atoms with E-state index in [0.717, 1.165) is 4.47 Å². The maximum absolute atomic E-state index is 11.9. The number of rotatable bonds is 4. The van der Waals surface area contributed by atoms with E-state index in [1.54, 1.807) is 36.5 Å². The lowest BCUT2D eigenvalue weighted by atomic mass is 10.2. The van der Waals surface area contributed by atoms with E-state index in [4.69, 9.17) is 5.73 Å². The maximum Gasteiger partial charge on any atom is 0.264 e. The highest BCUT2D eigenvalue weighted by molar-refractivity contribution is 9.11. The predicted octanol–water partition coefficient (Wildman–Crippen LogP) is 2.98. The molecule has 2 rings (SSSR count). The van der Waals surface area contributed by atoms with E-state index in [1.165, 1.54) is 4.57 Å². The summed E-state index contributed by atoms with van der Waals surface area (Å²) in [6.45, 7) is 0.303. The summed E-state index contributed by atoms with van der Waals surface area (Å²) in [5.74, 6) is -0.164. The first-order chi connectivity index (χ1) is 9.95. The van der Waals surface area contributed by atoms with Crippen LogP contribution < -0.4 is 16.6 Å². The molecule has 0 spiro atoms. The van der Waals surface area contributed by atoms with Crippen molar-refractivity contribution in [1.82, 2.24) is 4.57 Å². The first-order valence-electron chi connectivity index (χ1n) is 6.16. The number of nitrogens with one attached hydrogen (secondary N) is 1. The molecule has 1 amide bonds. The normalized spacial score (nSPS) is 10.4. The van der Waals surface area contributed by atoms with Gasteiger partial charge in [-0.25, -0.2) is 0 Å². The van der Waals surface area contributed by atoms with E-state index in [2.05, 4.69) is 37.2 Å². The van der Waals surface area contributed by atoms with Crippen LogP contribution in [0, 0.1) is 0 Å². The van der Waals surface area contributed by atoms with Crippen molar-refractivity contribution in [2.75, 3.05) is 11.1 Å². The van der Waals surface area contributed by atoms with Crippen molar-refractivity contribution in [2.24, 2.45) is 0 Å². The van der Waals surface area contributed by atoms with E-state index >= 15 is 0 Å². The molecule has 0 aliphatic carbocycles. The quantitative estimate of drug-likeness (QED) is 0.755. The molecule has 0 saturated heterocycles. The molecule has 0 bridgehead atoms. The molecule has 1 aromatic carbocycles. The molecule has 2 aromatic rings. The summed E-state index contributed by atoms with van der Waals surface area (Å²) in [4.78, 5) is 23.7. The molecule has 0 saturated carbocycles. The van der Waals surface area contributed by atoms with Crippen molar-refractivity contribution in [3.8, 4) is 0 Å². The van der Waals surface area contributed by atoms with Crippen molar-refractivity contribution >= 4 is 49.1 Å². The number of anilines is 2. The molecule has 1 aromatic heterocycles. The van der Waals surface area contributed by atoms with Crippen LogP contribution >= 0.6 is 31.9 Å². The van der Waals surface area contributed by atoms with E-state index in [9.17, 15) is 9.59 Å². The second kappa shape index (κ2) is 6.91. The van der Waals surface area contributed by atoms with Gasteiger partial charge in [0.2, 0.25) is 5.91 Å². The van der Waals surface area contributed by atoms with Crippen LogP contribution in [0.2, 0.25) is 0 Å². The van der Waals surface area contributed by atoms with E-state index < -0.39 is 0 Å². The van der Waals surface area contributed by atoms with Crippen molar-refractivity contribution < 1.29 is 4.79 Å². The number of aryl methyl sites for hydroxylation is 1. The number of pyridine rings is 1. The summed E-state index contributed by atoms with van der Waals surface area (Å²) < 4.78 is 2.71. The van der Waals surface area contributed by atoms with E-state index in [0.29, 0.717) is 22.4 Å². The number of carbonyl (C=O) groups excluding carboxylic acids is 1. The second-order valence-corrected chi connectivity index (χ2v) is 6.20. The van der Waals surface area contributed by atoms with Gasteiger partial charge in [0, 0.05) is 35.0 Å². The zero-order valence-electron chi connectivity index (χ0n) is 11.0. The van der Waals surface area contributed by atoms with Crippen LogP contribution in [0.1, 0.15) is 6.42 Å². The summed E-state index contributed by atoms with van der Waals surface area (Å²) >= 11 is 6.50. The second-order valence-electron chi connectivity index (χ2n) is 4.42. The first-order valence-corrected chi connectivity index (χ1v) is 7.75. The Bertz CT molecular complexity index is 711. The Morgan fingerprint density at radius 1 is 1.24 bits per heavy atom. The van der Waals surface area contributed by atoms with Gasteiger partial charge in [-0.15, -0.1) is 0 Å². The highest BCUT2D eigenvalue weighted by Gasteiger charge is 2.07. The fourth-order valence-corrected chi connectivity index (χ4v) is 3.00. The zero-order valence-corrected chi connectivity index (χ0v) is 14.1. The fraction of sp³-hybridized carbons (Fsp3) is 0.143. The van der Waals surface area contributed by atoms with Crippen molar-refractivity contribution in [3.63, 3.8) is 0 Å². The third kappa shape index (κ3) is 4.44. The van der Waals surface area contributed by atoms with Crippen LogP contribution in [0.5, 0.6) is 0 Å². The Hall–Kier alpha value is -1.60. The molecular formula is C14H13Br2N3O2. The number of nitrogen functional groups attached to an aromatic ring is 1. The van der Waals surface area contributed by atoms with Gasteiger partial charge in [-0.1, -0.05) is 0 Å². The van der Waals surface area contributed by atoms with Crippen LogP contribution in [-0.2, 0) is 11.3 Å². The number of carbonyl (C=O) groups is 1. The van der Waals surface area contributed by atoms with Crippen molar-refractivity contribution in [2.45, 2.75) is 13.0 Å². The molecule has 1 heterocycles. The van der Waals surface area contributed by atoms with Gasteiger partial charge in [0.1, 0.15) is 0 Å². The van der Waals surface area contributed by atoms with Crippen LogP contribution in [0.15, 0.2) is 50.3 Å². The standard InChI is InChI=1S/C14H13Br2N3O2/c15-9-7-12(16)14(21)19(8-9)6-5-13(20)18-11-3-1-10(17)2-4-11/h1-4,7-8H,5-6,17H2,(H,18,20). The Morgan fingerprint density at radius 3 is 2.57 bits per heavy atom. The van der Waals surface area contributed by atoms with Crippen molar-refractivity contribution in [3.05, 3.63) is 55.8 Å². The Balaban J connectivity index is 1.98. The van der Waals surface area contributed by atoms with Gasteiger partial charge in [-0.3, -0.25) is 9.59 Å². The van der Waals surface area contributed by atoms with Gasteiger partial charge >= 0.3 is 0 Å². The molecule has 7 heteroatoms. The van der Waals surface area contributed by atoms with Gasteiger partial charge in [-0.2, -0.15) is 0 Å². The van der Waals surface area contributed by atoms with Gasteiger partial charge in [0.15, 0.2) is 0 Å². The average molecular weight is 415 g/mol. The number of amides is 1.